The highest BCUT2D eigenvalue weighted by Crippen LogP contribution is 2.09. The number of ketones is 2. The highest BCUT2D eigenvalue weighted by molar-refractivity contribution is 6.36. The first kappa shape index (κ1) is 57.7. The third-order valence-corrected chi connectivity index (χ3v) is 9.13. The number of rotatable bonds is 42. The van der Waals surface area contributed by atoms with Crippen molar-refractivity contribution in [2.45, 2.75) is 181 Å². The molecule has 0 unspecified atom stereocenters. The van der Waals surface area contributed by atoms with Gasteiger partial charge in [0.25, 0.3) is 11.8 Å². The molecule has 0 aromatic heterocycles. The first-order chi connectivity index (χ1) is 28.7. The van der Waals surface area contributed by atoms with Gasteiger partial charge < -0.3 is 35.1 Å². The van der Waals surface area contributed by atoms with Crippen molar-refractivity contribution in [3.8, 4) is 0 Å². The standard InChI is InChI=1S/C26H47NO7.C20H35NO4/c1-2-3-12-15-24(29)26(31)27-17-14-11-9-7-5-4-6-8-10-13-16-25(30)34-23-22-33-21-20-32-19-18-28;1-2-3-12-15-18(22)20(25)21-17-14-11-9-7-5-4-6-8-10-13-16-19(23)24/h5,7,28H,2-4,6,8-23H2,1H3,(H,27,31);5,7H,2-4,6,8-17H2,1H3,(H,21,25)(H,23,24)/b2*7-5-. The lowest BCUT2D eigenvalue weighted by Gasteiger charge is -2.06. The molecule has 0 aliphatic rings. The number of aliphatic carboxylic acids is 1. The van der Waals surface area contributed by atoms with Crippen molar-refractivity contribution in [1.82, 2.24) is 10.6 Å². The van der Waals surface area contributed by atoms with Crippen LogP contribution in [-0.4, -0.2) is 98.3 Å². The van der Waals surface area contributed by atoms with Crippen LogP contribution in [0.25, 0.3) is 0 Å². The number of nitrogens with one attached hydrogen (secondary N) is 2. The molecule has 13 heteroatoms. The molecule has 0 aromatic carbocycles. The number of Topliss-reactive ketones (excluding diaryl/α,β-unsaturated/α-hetero) is 2. The molecule has 4 N–H and O–H groups in total. The monoisotopic (exact) mass is 839 g/mol. The molecule has 0 radical (unpaired) electrons. The summed E-state index contributed by atoms with van der Waals surface area (Å²) >= 11 is 0. The van der Waals surface area contributed by atoms with Gasteiger partial charge in [0, 0.05) is 38.8 Å². The number of aliphatic hydroxyl groups is 1. The first-order valence-electron chi connectivity index (χ1n) is 22.7. The molecular weight excluding hydrogens is 757 g/mol. The number of hydrogen-bond donors (Lipinski definition) is 4. The molecule has 0 bridgehead atoms. The van der Waals surface area contributed by atoms with E-state index in [1.807, 2.05) is 0 Å². The zero-order chi connectivity index (χ0) is 43.9. The van der Waals surface area contributed by atoms with E-state index < -0.39 is 17.8 Å². The molecule has 0 atom stereocenters. The fourth-order valence-electron chi connectivity index (χ4n) is 5.60. The van der Waals surface area contributed by atoms with Crippen molar-refractivity contribution < 1.29 is 53.2 Å². The molecule has 0 saturated carbocycles. The molecule has 2 amide bonds. The van der Waals surface area contributed by atoms with Crippen LogP contribution in [0.4, 0.5) is 0 Å². The summed E-state index contributed by atoms with van der Waals surface area (Å²) in [4.78, 5) is 68.3. The van der Waals surface area contributed by atoms with Crippen molar-refractivity contribution in [1.29, 1.82) is 0 Å². The van der Waals surface area contributed by atoms with E-state index in [0.29, 0.717) is 58.8 Å². The Hall–Kier alpha value is -3.42. The molecule has 0 saturated heterocycles. The Morgan fingerprint density at radius 3 is 1.29 bits per heavy atom. The van der Waals surface area contributed by atoms with Gasteiger partial charge in [-0.2, -0.15) is 0 Å². The predicted molar refractivity (Wildman–Crippen MR) is 233 cm³/mol. The summed E-state index contributed by atoms with van der Waals surface area (Å²) in [5, 5.41) is 22.5. The minimum Gasteiger partial charge on any atom is -0.481 e. The second kappa shape index (κ2) is 47.3. The molecule has 0 aliphatic carbocycles. The highest BCUT2D eigenvalue weighted by atomic mass is 16.6. The molecule has 0 rings (SSSR count). The van der Waals surface area contributed by atoms with Gasteiger partial charge in [-0.3, -0.25) is 28.8 Å². The topological polar surface area (TPSA) is 195 Å². The maximum absolute atomic E-state index is 11.6. The largest absolute Gasteiger partial charge is 0.481 e. The van der Waals surface area contributed by atoms with Gasteiger partial charge in [0.05, 0.1) is 33.0 Å². The number of aliphatic hydroxyl groups excluding tert-OH is 1. The number of unbranched alkanes of at least 4 members (excludes halogenated alkanes) is 16. The lowest BCUT2D eigenvalue weighted by Crippen LogP contribution is -2.31. The van der Waals surface area contributed by atoms with E-state index >= 15 is 0 Å². The molecule has 0 spiro atoms. The predicted octanol–water partition coefficient (Wildman–Crippen LogP) is 8.29. The van der Waals surface area contributed by atoms with Crippen LogP contribution in [-0.2, 0) is 43.0 Å². The summed E-state index contributed by atoms with van der Waals surface area (Å²) in [6.07, 6.45) is 31.6. The van der Waals surface area contributed by atoms with Crippen LogP contribution >= 0.6 is 0 Å². The Labute approximate surface area is 356 Å². The lowest BCUT2D eigenvalue weighted by atomic mass is 10.1. The van der Waals surface area contributed by atoms with Gasteiger partial charge >= 0.3 is 11.9 Å². The quantitative estimate of drug-likeness (QED) is 0.0200. The molecule has 0 heterocycles. The Bertz CT molecular complexity index is 1110. The van der Waals surface area contributed by atoms with E-state index in [4.69, 9.17) is 24.4 Å². The molecule has 0 fully saturated rings. The number of hydrogen-bond acceptors (Lipinski definition) is 10. The number of carboxylic acids is 1. The maximum atomic E-state index is 11.6. The van der Waals surface area contributed by atoms with Crippen LogP contribution in [0.3, 0.4) is 0 Å². The molecule has 13 nitrogen and oxygen atoms in total. The van der Waals surface area contributed by atoms with E-state index in [-0.39, 0.29) is 37.2 Å². The van der Waals surface area contributed by atoms with Gasteiger partial charge in [0.1, 0.15) is 6.61 Å². The number of carbonyl (C=O) groups is 6. The number of esters is 1. The van der Waals surface area contributed by atoms with Crippen LogP contribution in [0.15, 0.2) is 24.3 Å². The van der Waals surface area contributed by atoms with Gasteiger partial charge in [-0.05, 0) is 89.9 Å². The second-order valence-electron chi connectivity index (χ2n) is 14.7. The normalized spacial score (nSPS) is 11.0. The van der Waals surface area contributed by atoms with Crippen LogP contribution in [0.1, 0.15) is 181 Å². The summed E-state index contributed by atoms with van der Waals surface area (Å²) in [5.41, 5.74) is 0. The van der Waals surface area contributed by atoms with Crippen LogP contribution in [0, 0.1) is 0 Å². The zero-order valence-electron chi connectivity index (χ0n) is 36.9. The molecule has 0 aliphatic heterocycles. The average Bonchev–Trinajstić information content (AvgIpc) is 3.22. The van der Waals surface area contributed by atoms with Crippen molar-refractivity contribution in [2.75, 3.05) is 52.7 Å². The van der Waals surface area contributed by atoms with Crippen molar-refractivity contribution in [3.63, 3.8) is 0 Å². The van der Waals surface area contributed by atoms with Gasteiger partial charge in [-0.1, -0.05) is 89.5 Å². The maximum Gasteiger partial charge on any atom is 0.305 e. The zero-order valence-corrected chi connectivity index (χ0v) is 36.9. The fourth-order valence-corrected chi connectivity index (χ4v) is 5.60. The highest BCUT2D eigenvalue weighted by Gasteiger charge is 2.12. The van der Waals surface area contributed by atoms with Crippen LogP contribution in [0.5, 0.6) is 0 Å². The molecule has 59 heavy (non-hydrogen) atoms. The van der Waals surface area contributed by atoms with E-state index in [1.165, 1.54) is 0 Å². The smallest absolute Gasteiger partial charge is 0.305 e. The lowest BCUT2D eigenvalue weighted by molar-refractivity contribution is -0.145. The van der Waals surface area contributed by atoms with E-state index in [0.717, 1.165) is 141 Å². The summed E-state index contributed by atoms with van der Waals surface area (Å²) < 4.78 is 15.4. The van der Waals surface area contributed by atoms with Gasteiger partial charge in [-0.15, -0.1) is 0 Å². The molecule has 342 valence electrons. The molecular formula is C46H82N2O11. The van der Waals surface area contributed by atoms with E-state index in [2.05, 4.69) is 48.8 Å². The Morgan fingerprint density at radius 1 is 0.458 bits per heavy atom. The van der Waals surface area contributed by atoms with Gasteiger partial charge in [0.2, 0.25) is 11.6 Å². The fraction of sp³-hybridized carbons (Fsp3) is 0.783. The summed E-state index contributed by atoms with van der Waals surface area (Å²) in [7, 11) is 0. The van der Waals surface area contributed by atoms with Crippen molar-refractivity contribution in [3.05, 3.63) is 24.3 Å². The second-order valence-corrected chi connectivity index (χ2v) is 14.7. The van der Waals surface area contributed by atoms with Crippen LogP contribution in [0.2, 0.25) is 0 Å². The number of carboxylic acid groups (broad SMARTS) is 1. The minimum absolute atomic E-state index is 0.00220. The molecule has 0 aromatic rings. The number of carbonyl (C=O) groups excluding carboxylic acids is 5. The van der Waals surface area contributed by atoms with Crippen molar-refractivity contribution in [2.24, 2.45) is 0 Å². The van der Waals surface area contributed by atoms with Gasteiger partial charge in [-0.25, -0.2) is 0 Å². The summed E-state index contributed by atoms with van der Waals surface area (Å²) in [6.45, 7) is 7.03. The van der Waals surface area contributed by atoms with Crippen molar-refractivity contribution >= 4 is 35.3 Å². The van der Waals surface area contributed by atoms with Gasteiger partial charge in [0.15, 0.2) is 0 Å². The third-order valence-electron chi connectivity index (χ3n) is 9.13. The number of allylic oxidation sites excluding steroid dienone is 4. The average molecular weight is 839 g/mol. The third kappa shape index (κ3) is 47.1. The van der Waals surface area contributed by atoms with E-state index in [1.54, 1.807) is 0 Å². The first-order valence-corrected chi connectivity index (χ1v) is 22.7. The summed E-state index contributed by atoms with van der Waals surface area (Å²) in [6, 6.07) is 0. The van der Waals surface area contributed by atoms with Crippen LogP contribution < -0.4 is 10.6 Å². The SMILES string of the molecule is CCCCCC(=O)C(=O)NCCCC/C=C\CCCCCCC(=O)O.CCCCCC(=O)C(=O)NCCCC/C=C\CCCCCCC(=O)OCCOCCOCCO. The Morgan fingerprint density at radius 2 is 0.847 bits per heavy atom. The Balaban J connectivity index is 0. The Kier molecular flexibility index (Phi) is 46.2. The number of ether oxygens (including phenoxy) is 3. The minimum atomic E-state index is -0.711. The summed E-state index contributed by atoms with van der Waals surface area (Å²) in [5.74, 6) is -2.36. The van der Waals surface area contributed by atoms with E-state index in [9.17, 15) is 28.8 Å². The number of amides is 2.